The summed E-state index contributed by atoms with van der Waals surface area (Å²) in [4.78, 5) is 11.6. The first kappa shape index (κ1) is 26.4. The molecule has 0 aliphatic heterocycles. The molecule has 0 atom stereocenters. The largest absolute Gasteiger partial charge is 0.466 e. The van der Waals surface area contributed by atoms with Crippen LogP contribution in [-0.2, 0) is 19.0 Å². The van der Waals surface area contributed by atoms with E-state index in [1.807, 2.05) is 0 Å². The summed E-state index contributed by atoms with van der Waals surface area (Å²) in [5, 5.41) is 0. The lowest BCUT2D eigenvalue weighted by molar-refractivity contribution is -0.144. The van der Waals surface area contributed by atoms with Gasteiger partial charge in [-0.15, -0.1) is 0 Å². The molecule has 0 aromatic rings. The lowest BCUT2D eigenvalue weighted by Crippen LogP contribution is -2.10. The molecule has 4 nitrogen and oxygen atoms in total. The van der Waals surface area contributed by atoms with E-state index in [1.54, 1.807) is 0 Å². The summed E-state index contributed by atoms with van der Waals surface area (Å²) in [6.45, 7) is 9.84. The zero-order valence-corrected chi connectivity index (χ0v) is 18.4. The Kier molecular flexibility index (Phi) is 21.2. The first-order chi connectivity index (χ1) is 13.2. The molecule has 0 heterocycles. The highest BCUT2D eigenvalue weighted by atomic mass is 16.5. The van der Waals surface area contributed by atoms with Crippen molar-refractivity contribution in [3.8, 4) is 0 Å². The number of unbranched alkanes of at least 4 members (excludes halogenated alkanes) is 9. The second-order valence-electron chi connectivity index (χ2n) is 7.91. The van der Waals surface area contributed by atoms with E-state index in [-0.39, 0.29) is 5.97 Å². The van der Waals surface area contributed by atoms with Gasteiger partial charge in [-0.2, -0.15) is 0 Å². The molecule has 0 aliphatic carbocycles. The van der Waals surface area contributed by atoms with E-state index >= 15 is 0 Å². The summed E-state index contributed by atoms with van der Waals surface area (Å²) in [6.07, 6.45) is 15.2. The predicted octanol–water partition coefficient (Wildman–Crippen LogP) is 6.31. The lowest BCUT2D eigenvalue weighted by Gasteiger charge is -2.07. The first-order valence-corrected chi connectivity index (χ1v) is 11.5. The third kappa shape index (κ3) is 23.4. The van der Waals surface area contributed by atoms with Crippen LogP contribution in [0.2, 0.25) is 0 Å². The van der Waals surface area contributed by atoms with E-state index in [0.717, 1.165) is 25.9 Å². The zero-order valence-electron chi connectivity index (χ0n) is 18.4. The average molecular weight is 387 g/mol. The molecule has 0 fully saturated rings. The Morgan fingerprint density at radius 3 is 1.81 bits per heavy atom. The number of esters is 1. The summed E-state index contributed by atoms with van der Waals surface area (Å²) in [6, 6.07) is 0. The molecule has 0 N–H and O–H groups in total. The van der Waals surface area contributed by atoms with Crippen molar-refractivity contribution >= 4 is 5.97 Å². The highest BCUT2D eigenvalue weighted by Crippen LogP contribution is 2.10. The SMILES string of the molecule is CCCCCCCCCCCCOC(=O)CCCOCCOCCC(C)C. The van der Waals surface area contributed by atoms with Gasteiger partial charge in [-0.1, -0.05) is 78.6 Å². The Balaban J connectivity index is 3.15. The second-order valence-corrected chi connectivity index (χ2v) is 7.91. The van der Waals surface area contributed by atoms with E-state index in [9.17, 15) is 4.79 Å². The Hall–Kier alpha value is -0.610. The monoisotopic (exact) mass is 386 g/mol. The number of carbonyl (C=O) groups is 1. The summed E-state index contributed by atoms with van der Waals surface area (Å²) in [7, 11) is 0. The van der Waals surface area contributed by atoms with Crippen LogP contribution >= 0.6 is 0 Å². The van der Waals surface area contributed by atoms with Gasteiger partial charge in [-0.05, 0) is 25.2 Å². The fraction of sp³-hybridized carbons (Fsp3) is 0.957. The summed E-state index contributed by atoms with van der Waals surface area (Å²) in [5.41, 5.74) is 0. The molecule has 0 aliphatic rings. The Bertz CT molecular complexity index is 305. The summed E-state index contributed by atoms with van der Waals surface area (Å²) >= 11 is 0. The molecular weight excluding hydrogens is 340 g/mol. The van der Waals surface area contributed by atoms with Crippen molar-refractivity contribution in [2.75, 3.05) is 33.0 Å². The van der Waals surface area contributed by atoms with Crippen molar-refractivity contribution < 1.29 is 19.0 Å². The van der Waals surface area contributed by atoms with Crippen molar-refractivity contribution in [3.05, 3.63) is 0 Å². The van der Waals surface area contributed by atoms with Gasteiger partial charge >= 0.3 is 5.97 Å². The molecule has 0 spiro atoms. The fourth-order valence-corrected chi connectivity index (χ4v) is 2.81. The van der Waals surface area contributed by atoms with Crippen LogP contribution in [0.3, 0.4) is 0 Å². The van der Waals surface area contributed by atoms with Gasteiger partial charge in [0.2, 0.25) is 0 Å². The predicted molar refractivity (Wildman–Crippen MR) is 113 cm³/mol. The molecule has 0 rings (SSSR count). The van der Waals surface area contributed by atoms with Crippen LogP contribution in [0.5, 0.6) is 0 Å². The Morgan fingerprint density at radius 2 is 1.22 bits per heavy atom. The highest BCUT2D eigenvalue weighted by molar-refractivity contribution is 5.69. The average Bonchev–Trinajstić information content (AvgIpc) is 2.64. The summed E-state index contributed by atoms with van der Waals surface area (Å²) in [5.74, 6) is 0.583. The van der Waals surface area contributed by atoms with Crippen LogP contribution in [0.1, 0.15) is 104 Å². The van der Waals surface area contributed by atoms with Gasteiger partial charge in [0.25, 0.3) is 0 Å². The van der Waals surface area contributed by atoms with Crippen LogP contribution in [0, 0.1) is 5.92 Å². The van der Waals surface area contributed by atoms with E-state index in [1.165, 1.54) is 57.8 Å². The van der Waals surface area contributed by atoms with Crippen LogP contribution in [-0.4, -0.2) is 39.0 Å². The normalized spacial score (nSPS) is 11.3. The van der Waals surface area contributed by atoms with E-state index in [0.29, 0.717) is 38.8 Å². The molecule has 0 radical (unpaired) electrons. The second kappa shape index (κ2) is 21.7. The molecule has 0 unspecified atom stereocenters. The topological polar surface area (TPSA) is 44.8 Å². The van der Waals surface area contributed by atoms with Crippen molar-refractivity contribution in [2.24, 2.45) is 5.92 Å². The third-order valence-corrected chi connectivity index (χ3v) is 4.64. The molecule has 162 valence electrons. The van der Waals surface area contributed by atoms with Crippen LogP contribution < -0.4 is 0 Å². The minimum absolute atomic E-state index is 0.0947. The van der Waals surface area contributed by atoms with Gasteiger partial charge in [-0.3, -0.25) is 4.79 Å². The number of ether oxygens (including phenoxy) is 3. The van der Waals surface area contributed by atoms with Crippen molar-refractivity contribution in [1.82, 2.24) is 0 Å². The quantitative estimate of drug-likeness (QED) is 0.171. The van der Waals surface area contributed by atoms with Gasteiger partial charge in [0.05, 0.1) is 19.8 Å². The Morgan fingerprint density at radius 1 is 0.667 bits per heavy atom. The van der Waals surface area contributed by atoms with Gasteiger partial charge in [-0.25, -0.2) is 0 Å². The molecule has 0 saturated carbocycles. The fourth-order valence-electron chi connectivity index (χ4n) is 2.81. The number of hydrogen-bond acceptors (Lipinski definition) is 4. The van der Waals surface area contributed by atoms with Gasteiger partial charge in [0.15, 0.2) is 0 Å². The minimum atomic E-state index is -0.0947. The van der Waals surface area contributed by atoms with Gasteiger partial charge < -0.3 is 14.2 Å². The number of rotatable bonds is 21. The van der Waals surface area contributed by atoms with Crippen LogP contribution in [0.4, 0.5) is 0 Å². The van der Waals surface area contributed by atoms with Crippen molar-refractivity contribution in [1.29, 1.82) is 0 Å². The molecule has 0 aromatic carbocycles. The van der Waals surface area contributed by atoms with Crippen molar-refractivity contribution in [2.45, 2.75) is 104 Å². The molecule has 0 amide bonds. The molecule has 4 heteroatoms. The molecule has 0 saturated heterocycles. The first-order valence-electron chi connectivity index (χ1n) is 11.5. The van der Waals surface area contributed by atoms with Crippen molar-refractivity contribution in [3.63, 3.8) is 0 Å². The van der Waals surface area contributed by atoms with Crippen LogP contribution in [0.25, 0.3) is 0 Å². The molecule has 27 heavy (non-hydrogen) atoms. The van der Waals surface area contributed by atoms with E-state index in [4.69, 9.17) is 14.2 Å². The maximum absolute atomic E-state index is 11.6. The molecular formula is C23H46O4. The third-order valence-electron chi connectivity index (χ3n) is 4.64. The summed E-state index contributed by atoms with van der Waals surface area (Å²) < 4.78 is 16.2. The van der Waals surface area contributed by atoms with E-state index in [2.05, 4.69) is 20.8 Å². The molecule has 0 aromatic heterocycles. The lowest BCUT2D eigenvalue weighted by atomic mass is 10.1. The van der Waals surface area contributed by atoms with Gasteiger partial charge in [0, 0.05) is 19.6 Å². The number of carbonyl (C=O) groups excluding carboxylic acids is 1. The highest BCUT2D eigenvalue weighted by Gasteiger charge is 2.02. The van der Waals surface area contributed by atoms with Crippen LogP contribution in [0.15, 0.2) is 0 Å². The smallest absolute Gasteiger partial charge is 0.305 e. The van der Waals surface area contributed by atoms with E-state index < -0.39 is 0 Å². The maximum atomic E-state index is 11.6. The number of hydrogen-bond donors (Lipinski definition) is 0. The standard InChI is InChI=1S/C23H46O4/c1-4-5-6-7-8-9-10-11-12-13-18-27-23(24)15-14-17-25-20-21-26-19-16-22(2)3/h22H,4-21H2,1-3H3. The van der Waals surface area contributed by atoms with Gasteiger partial charge in [0.1, 0.15) is 0 Å². The molecule has 0 bridgehead atoms. The maximum Gasteiger partial charge on any atom is 0.305 e. The zero-order chi connectivity index (χ0) is 20.0. The Labute approximate surface area is 168 Å². The minimum Gasteiger partial charge on any atom is -0.466 e.